The van der Waals surface area contributed by atoms with E-state index in [0.29, 0.717) is 32.8 Å². The monoisotopic (exact) mass is 486 g/mol. The second-order valence-corrected chi connectivity index (χ2v) is 7.87. The minimum Gasteiger partial charge on any atom is -0.493 e. The molecule has 0 radical (unpaired) electrons. The van der Waals surface area contributed by atoms with Gasteiger partial charge in [-0.2, -0.15) is 5.26 Å². The zero-order chi connectivity index (χ0) is 23.1. The molecule has 5 nitrogen and oxygen atoms in total. The Labute approximate surface area is 200 Å². The van der Waals surface area contributed by atoms with Crippen LogP contribution in [0, 0.1) is 11.3 Å². The minimum atomic E-state index is -0.578. The quantitative estimate of drug-likeness (QED) is 0.294. The van der Waals surface area contributed by atoms with Crippen molar-refractivity contribution in [1.29, 1.82) is 5.26 Å². The summed E-state index contributed by atoms with van der Waals surface area (Å²) in [6.45, 7) is 0.233. The van der Waals surface area contributed by atoms with Crippen LogP contribution in [0.4, 0.5) is 5.69 Å². The molecular formula is C24H17Cl3N2O3. The fourth-order valence-corrected chi connectivity index (χ4v) is 3.50. The summed E-state index contributed by atoms with van der Waals surface area (Å²) in [6, 6.07) is 19.0. The molecule has 1 N–H and O–H groups in total. The number of ether oxygens (including phenoxy) is 2. The van der Waals surface area contributed by atoms with Crippen molar-refractivity contribution in [3.63, 3.8) is 0 Å². The lowest BCUT2D eigenvalue weighted by Crippen LogP contribution is -2.13. The van der Waals surface area contributed by atoms with Gasteiger partial charge < -0.3 is 14.8 Å². The number of hydrogen-bond donors (Lipinski definition) is 1. The summed E-state index contributed by atoms with van der Waals surface area (Å²) in [5.74, 6) is 0.123. The highest BCUT2D eigenvalue weighted by atomic mass is 35.5. The van der Waals surface area contributed by atoms with Gasteiger partial charge in [-0.1, -0.05) is 53.0 Å². The fourth-order valence-electron chi connectivity index (χ4n) is 2.83. The molecule has 32 heavy (non-hydrogen) atoms. The summed E-state index contributed by atoms with van der Waals surface area (Å²) >= 11 is 18.3. The molecule has 0 aliphatic rings. The van der Waals surface area contributed by atoms with Crippen LogP contribution in [-0.2, 0) is 11.4 Å². The van der Waals surface area contributed by atoms with E-state index in [4.69, 9.17) is 44.3 Å². The number of anilines is 1. The highest BCUT2D eigenvalue weighted by Crippen LogP contribution is 2.37. The Hall–Kier alpha value is -3.17. The molecule has 3 aromatic rings. The summed E-state index contributed by atoms with van der Waals surface area (Å²) in [5.41, 5.74) is 1.73. The van der Waals surface area contributed by atoms with Crippen LogP contribution < -0.4 is 14.8 Å². The van der Waals surface area contributed by atoms with Crippen LogP contribution in [0.15, 0.2) is 66.2 Å². The zero-order valence-electron chi connectivity index (χ0n) is 16.9. The molecule has 162 valence electrons. The largest absolute Gasteiger partial charge is 0.493 e. The molecule has 0 fully saturated rings. The SMILES string of the molecule is COc1cc(/C=C(\C#N)C(=O)Nc2cccc(Cl)c2)cc(Cl)c1OCc1cccc(Cl)c1. The number of nitrogens with zero attached hydrogens (tertiary/aromatic N) is 1. The van der Waals surface area contributed by atoms with Crippen molar-refractivity contribution in [3.8, 4) is 17.6 Å². The lowest BCUT2D eigenvalue weighted by Gasteiger charge is -2.14. The van der Waals surface area contributed by atoms with Crippen molar-refractivity contribution in [2.75, 3.05) is 12.4 Å². The van der Waals surface area contributed by atoms with Crippen LogP contribution in [0.1, 0.15) is 11.1 Å². The number of carbonyl (C=O) groups excluding carboxylic acids is 1. The summed E-state index contributed by atoms with van der Waals surface area (Å²) in [5, 5.41) is 13.4. The van der Waals surface area contributed by atoms with E-state index in [9.17, 15) is 10.1 Å². The van der Waals surface area contributed by atoms with Crippen molar-refractivity contribution < 1.29 is 14.3 Å². The molecule has 0 spiro atoms. The van der Waals surface area contributed by atoms with Crippen molar-refractivity contribution >= 4 is 52.5 Å². The Morgan fingerprint density at radius 1 is 1.06 bits per heavy atom. The van der Waals surface area contributed by atoms with Gasteiger partial charge in [0.15, 0.2) is 11.5 Å². The lowest BCUT2D eigenvalue weighted by molar-refractivity contribution is -0.112. The molecule has 8 heteroatoms. The van der Waals surface area contributed by atoms with E-state index in [-0.39, 0.29) is 17.2 Å². The number of carbonyl (C=O) groups is 1. The van der Waals surface area contributed by atoms with Gasteiger partial charge in [0, 0.05) is 15.7 Å². The van der Waals surface area contributed by atoms with Gasteiger partial charge in [0.1, 0.15) is 18.2 Å². The van der Waals surface area contributed by atoms with E-state index >= 15 is 0 Å². The van der Waals surface area contributed by atoms with Gasteiger partial charge in [-0.05, 0) is 59.7 Å². The number of rotatable bonds is 7. The third-order valence-corrected chi connectivity index (χ3v) is 5.03. The summed E-state index contributed by atoms with van der Waals surface area (Å²) in [7, 11) is 1.47. The maximum Gasteiger partial charge on any atom is 0.266 e. The standard InChI is InChI=1S/C24H17Cl3N2O3/c1-31-22-11-16(8-17(13-28)24(30)29-20-7-3-6-19(26)12-20)10-21(27)23(22)32-14-15-4-2-5-18(25)9-15/h2-12H,14H2,1H3,(H,29,30)/b17-8+. The number of halogens is 3. The van der Waals surface area contributed by atoms with Crippen LogP contribution in [0.2, 0.25) is 15.1 Å². The third-order valence-electron chi connectivity index (χ3n) is 4.28. The maximum atomic E-state index is 12.5. The molecule has 0 heterocycles. The summed E-state index contributed by atoms with van der Waals surface area (Å²) < 4.78 is 11.2. The van der Waals surface area contributed by atoms with E-state index in [1.807, 2.05) is 18.2 Å². The molecule has 0 aromatic heterocycles. The second-order valence-electron chi connectivity index (χ2n) is 6.59. The summed E-state index contributed by atoms with van der Waals surface area (Å²) in [4.78, 5) is 12.5. The van der Waals surface area contributed by atoms with Gasteiger partial charge in [-0.15, -0.1) is 0 Å². The Morgan fingerprint density at radius 2 is 1.78 bits per heavy atom. The average molecular weight is 488 g/mol. The molecule has 0 saturated carbocycles. The smallest absolute Gasteiger partial charge is 0.266 e. The molecule has 0 saturated heterocycles. The van der Waals surface area contributed by atoms with Gasteiger partial charge >= 0.3 is 0 Å². The summed E-state index contributed by atoms with van der Waals surface area (Å²) in [6.07, 6.45) is 1.41. The van der Waals surface area contributed by atoms with Crippen molar-refractivity contribution in [3.05, 3.63) is 92.4 Å². The molecule has 0 unspecified atom stereocenters. The highest BCUT2D eigenvalue weighted by Gasteiger charge is 2.15. The number of nitriles is 1. The first-order chi connectivity index (χ1) is 15.4. The number of benzene rings is 3. The number of nitrogens with one attached hydrogen (secondary N) is 1. The molecule has 0 bridgehead atoms. The molecule has 0 atom stereocenters. The predicted molar refractivity (Wildman–Crippen MR) is 127 cm³/mol. The third kappa shape index (κ3) is 6.18. The van der Waals surface area contributed by atoms with Crippen molar-refractivity contribution in [2.24, 2.45) is 0 Å². The molecule has 0 aliphatic heterocycles. The normalized spacial score (nSPS) is 10.9. The van der Waals surface area contributed by atoms with Crippen LogP contribution in [0.5, 0.6) is 11.5 Å². The van der Waals surface area contributed by atoms with E-state index < -0.39 is 5.91 Å². The van der Waals surface area contributed by atoms with E-state index in [1.54, 1.807) is 48.5 Å². The van der Waals surface area contributed by atoms with Crippen molar-refractivity contribution in [1.82, 2.24) is 0 Å². The Kier molecular flexibility index (Phi) is 8.02. The van der Waals surface area contributed by atoms with E-state index in [0.717, 1.165) is 5.56 Å². The van der Waals surface area contributed by atoms with Gasteiger partial charge in [-0.25, -0.2) is 0 Å². The maximum absolute atomic E-state index is 12.5. The van der Waals surface area contributed by atoms with Crippen LogP contribution in [0.3, 0.4) is 0 Å². The minimum absolute atomic E-state index is 0.115. The van der Waals surface area contributed by atoms with Gasteiger partial charge in [0.05, 0.1) is 12.1 Å². The topological polar surface area (TPSA) is 71.3 Å². The van der Waals surface area contributed by atoms with Gasteiger partial charge in [0.2, 0.25) is 0 Å². The van der Waals surface area contributed by atoms with Crippen LogP contribution >= 0.6 is 34.8 Å². The van der Waals surface area contributed by atoms with Crippen LogP contribution in [0.25, 0.3) is 6.08 Å². The Balaban J connectivity index is 1.82. The average Bonchev–Trinajstić information content (AvgIpc) is 2.76. The molecule has 0 aliphatic carbocycles. The first-order valence-corrected chi connectivity index (χ1v) is 10.5. The molecule has 1 amide bonds. The fraction of sp³-hybridized carbons (Fsp3) is 0.0833. The lowest BCUT2D eigenvalue weighted by atomic mass is 10.1. The van der Waals surface area contributed by atoms with Gasteiger partial charge in [0.25, 0.3) is 5.91 Å². The number of amides is 1. The highest BCUT2D eigenvalue weighted by molar-refractivity contribution is 6.32. The van der Waals surface area contributed by atoms with E-state index in [2.05, 4.69) is 5.32 Å². The second kappa shape index (κ2) is 10.9. The zero-order valence-corrected chi connectivity index (χ0v) is 19.1. The van der Waals surface area contributed by atoms with Crippen LogP contribution in [-0.4, -0.2) is 13.0 Å². The molecular weight excluding hydrogens is 471 g/mol. The first-order valence-electron chi connectivity index (χ1n) is 9.33. The molecule has 3 aromatic carbocycles. The predicted octanol–water partition coefficient (Wildman–Crippen LogP) is 6.78. The van der Waals surface area contributed by atoms with E-state index in [1.165, 1.54) is 13.2 Å². The number of methoxy groups -OCH3 is 1. The Bertz CT molecular complexity index is 1220. The Morgan fingerprint density at radius 3 is 2.44 bits per heavy atom. The molecule has 3 rings (SSSR count). The van der Waals surface area contributed by atoms with Gasteiger partial charge in [-0.3, -0.25) is 4.79 Å². The number of hydrogen-bond acceptors (Lipinski definition) is 4. The van der Waals surface area contributed by atoms with Crippen molar-refractivity contribution in [2.45, 2.75) is 6.61 Å². The first kappa shape index (κ1) is 23.5.